The van der Waals surface area contributed by atoms with Crippen molar-refractivity contribution < 1.29 is 17.6 Å². The Morgan fingerprint density at radius 3 is 2.83 bits per heavy atom. The summed E-state index contributed by atoms with van der Waals surface area (Å²) in [6, 6.07) is 0.216. The van der Waals surface area contributed by atoms with Gasteiger partial charge in [-0.25, -0.2) is 18.2 Å². The molecule has 4 rings (SSSR count). The Labute approximate surface area is 139 Å². The second-order valence-electron chi connectivity index (χ2n) is 5.57. The Morgan fingerprint density at radius 1 is 1.29 bits per heavy atom. The van der Waals surface area contributed by atoms with Gasteiger partial charge in [0, 0.05) is 37.3 Å². The average molecular weight is 354 g/mol. The van der Waals surface area contributed by atoms with Crippen LogP contribution >= 0.6 is 11.3 Å². The molecule has 1 aromatic carbocycles. The fourth-order valence-corrected chi connectivity index (χ4v) is 3.50. The Bertz CT molecular complexity index is 896. The van der Waals surface area contributed by atoms with E-state index in [2.05, 4.69) is 15.3 Å². The van der Waals surface area contributed by atoms with Gasteiger partial charge < -0.3 is 14.6 Å². The van der Waals surface area contributed by atoms with Crippen LogP contribution in [0.5, 0.6) is 0 Å². The van der Waals surface area contributed by atoms with Crippen LogP contribution < -0.4 is 10.2 Å². The summed E-state index contributed by atoms with van der Waals surface area (Å²) in [4.78, 5) is 9.91. The first-order chi connectivity index (χ1) is 11.6. The summed E-state index contributed by atoms with van der Waals surface area (Å²) < 4.78 is 48.1. The van der Waals surface area contributed by atoms with Crippen LogP contribution in [0.3, 0.4) is 0 Å². The molecular weight excluding hydrogens is 341 g/mol. The molecule has 1 unspecified atom stereocenters. The molecule has 0 amide bonds. The maximum Gasteiger partial charge on any atom is 0.298 e. The number of hydrogen-bond donors (Lipinski definition) is 1. The van der Waals surface area contributed by atoms with Gasteiger partial charge in [0.05, 0.1) is 5.56 Å². The summed E-state index contributed by atoms with van der Waals surface area (Å²) in [5.74, 6) is -4.23. The normalized spacial score (nSPS) is 18.5. The average Bonchev–Trinajstić information content (AvgIpc) is 3.24. The molecule has 0 saturated carbocycles. The molecule has 1 fully saturated rings. The fraction of sp³-hybridized carbons (Fsp3) is 0.333. The van der Waals surface area contributed by atoms with Crippen molar-refractivity contribution in [3.8, 4) is 10.6 Å². The number of nitrogens with one attached hydrogen (secondary N) is 1. The molecule has 126 valence electrons. The largest absolute Gasteiger partial charge is 0.422 e. The smallest absolute Gasteiger partial charge is 0.298 e. The number of benzene rings is 1. The zero-order valence-corrected chi connectivity index (χ0v) is 13.5. The number of thiazole rings is 1. The van der Waals surface area contributed by atoms with E-state index in [0.29, 0.717) is 19.6 Å². The van der Waals surface area contributed by atoms with Crippen molar-refractivity contribution in [2.75, 3.05) is 24.5 Å². The second-order valence-corrected chi connectivity index (χ2v) is 6.47. The molecule has 2 aromatic heterocycles. The highest BCUT2D eigenvalue weighted by atomic mass is 32.1. The van der Waals surface area contributed by atoms with E-state index in [9.17, 15) is 13.2 Å². The van der Waals surface area contributed by atoms with Crippen molar-refractivity contribution in [1.82, 2.24) is 15.3 Å². The van der Waals surface area contributed by atoms with Gasteiger partial charge in [-0.15, -0.1) is 11.3 Å². The maximum absolute atomic E-state index is 14.3. The topological polar surface area (TPSA) is 54.2 Å². The highest BCUT2D eigenvalue weighted by Gasteiger charge is 2.30. The van der Waals surface area contributed by atoms with Crippen LogP contribution in [0.2, 0.25) is 0 Å². The first-order valence-electron chi connectivity index (χ1n) is 7.42. The summed E-state index contributed by atoms with van der Waals surface area (Å²) in [6.45, 7) is 3.99. The van der Waals surface area contributed by atoms with Gasteiger partial charge in [0.25, 0.3) is 6.01 Å². The lowest BCUT2D eigenvalue weighted by molar-refractivity contribution is 0.450. The lowest BCUT2D eigenvalue weighted by Crippen LogP contribution is -2.50. The second kappa shape index (κ2) is 5.75. The Balaban J connectivity index is 1.95. The highest BCUT2D eigenvalue weighted by Crippen LogP contribution is 2.38. The van der Waals surface area contributed by atoms with E-state index in [1.54, 1.807) is 5.38 Å². The highest BCUT2D eigenvalue weighted by molar-refractivity contribution is 7.13. The van der Waals surface area contributed by atoms with Crippen LogP contribution in [-0.2, 0) is 0 Å². The van der Waals surface area contributed by atoms with Crippen LogP contribution in [0, 0.1) is 17.5 Å². The van der Waals surface area contributed by atoms with Crippen molar-refractivity contribution in [1.29, 1.82) is 0 Å². The monoisotopic (exact) mass is 354 g/mol. The molecule has 0 spiro atoms. The third-order valence-corrected chi connectivity index (χ3v) is 4.84. The predicted molar refractivity (Wildman–Crippen MR) is 84.7 cm³/mol. The predicted octanol–water partition coefficient (Wildman–Crippen LogP) is 3.17. The van der Waals surface area contributed by atoms with Gasteiger partial charge in [0.1, 0.15) is 5.01 Å². The number of oxazole rings is 1. The molecule has 24 heavy (non-hydrogen) atoms. The molecule has 0 aliphatic carbocycles. The lowest BCUT2D eigenvalue weighted by atomic mass is 10.1. The summed E-state index contributed by atoms with van der Waals surface area (Å²) in [5, 5.41) is 5.06. The third kappa shape index (κ3) is 2.27. The number of hydrogen-bond acceptors (Lipinski definition) is 6. The van der Waals surface area contributed by atoms with Gasteiger partial charge in [-0.3, -0.25) is 0 Å². The first kappa shape index (κ1) is 15.4. The molecule has 0 radical (unpaired) electrons. The summed E-state index contributed by atoms with van der Waals surface area (Å²) in [6.07, 6.45) is 1.46. The number of rotatable bonds is 2. The zero-order chi connectivity index (χ0) is 16.8. The molecule has 3 aromatic rings. The molecule has 1 aliphatic rings. The van der Waals surface area contributed by atoms with E-state index in [-0.39, 0.29) is 33.7 Å². The van der Waals surface area contributed by atoms with E-state index in [1.165, 1.54) is 6.20 Å². The zero-order valence-electron chi connectivity index (χ0n) is 12.6. The van der Waals surface area contributed by atoms with E-state index in [4.69, 9.17) is 4.42 Å². The number of anilines is 1. The standard InChI is InChI=1S/C15H13F3N4OS/c1-7-6-19-2-4-22(7)15-21-12-11(18)10(17)9(16)8(13(12)23-15)14-20-3-5-24-14/h3,5,7,19H,2,4,6H2,1H3. The quantitative estimate of drug-likeness (QED) is 0.717. The van der Waals surface area contributed by atoms with Crippen molar-refractivity contribution in [2.45, 2.75) is 13.0 Å². The van der Waals surface area contributed by atoms with Crippen molar-refractivity contribution in [3.05, 3.63) is 29.0 Å². The van der Waals surface area contributed by atoms with E-state index < -0.39 is 17.5 Å². The SMILES string of the molecule is CC1CNCCN1c1nc2c(F)c(F)c(F)c(-c3nccs3)c2o1. The minimum Gasteiger partial charge on any atom is -0.422 e. The molecule has 9 heteroatoms. The molecule has 1 saturated heterocycles. The number of aromatic nitrogens is 2. The molecule has 3 heterocycles. The van der Waals surface area contributed by atoms with Crippen LogP contribution in [0.1, 0.15) is 6.92 Å². The summed E-state index contributed by atoms with van der Waals surface area (Å²) in [5.41, 5.74) is -0.637. The molecule has 5 nitrogen and oxygen atoms in total. The van der Waals surface area contributed by atoms with Gasteiger partial charge in [-0.05, 0) is 6.92 Å². The van der Waals surface area contributed by atoms with Gasteiger partial charge in [-0.2, -0.15) is 4.98 Å². The molecule has 1 atom stereocenters. The van der Waals surface area contributed by atoms with Crippen molar-refractivity contribution in [3.63, 3.8) is 0 Å². The van der Waals surface area contributed by atoms with Crippen LogP contribution in [0.15, 0.2) is 16.0 Å². The van der Waals surface area contributed by atoms with Gasteiger partial charge in [0.15, 0.2) is 28.6 Å². The van der Waals surface area contributed by atoms with Gasteiger partial charge >= 0.3 is 0 Å². The minimum absolute atomic E-state index is 0.0629. The maximum atomic E-state index is 14.3. The van der Waals surface area contributed by atoms with Crippen LogP contribution in [0.4, 0.5) is 19.2 Å². The summed E-state index contributed by atoms with van der Waals surface area (Å²) >= 11 is 1.11. The molecule has 1 N–H and O–H groups in total. The molecule has 0 bridgehead atoms. The molecular formula is C15H13F3N4OS. The van der Waals surface area contributed by atoms with E-state index in [0.717, 1.165) is 11.3 Å². The van der Waals surface area contributed by atoms with E-state index >= 15 is 0 Å². The van der Waals surface area contributed by atoms with Gasteiger partial charge in [0.2, 0.25) is 0 Å². The van der Waals surface area contributed by atoms with E-state index in [1.807, 2.05) is 11.8 Å². The summed E-state index contributed by atoms with van der Waals surface area (Å²) in [7, 11) is 0. The fourth-order valence-electron chi connectivity index (χ4n) is 2.82. The van der Waals surface area contributed by atoms with Crippen LogP contribution in [0.25, 0.3) is 21.7 Å². The van der Waals surface area contributed by atoms with Gasteiger partial charge in [-0.1, -0.05) is 0 Å². The third-order valence-electron chi connectivity index (χ3n) is 4.05. The van der Waals surface area contributed by atoms with Crippen molar-refractivity contribution >= 4 is 28.5 Å². The number of fused-ring (bicyclic) bond motifs is 1. The first-order valence-corrected chi connectivity index (χ1v) is 8.30. The number of nitrogens with zero attached hydrogens (tertiary/aromatic N) is 3. The number of halogens is 3. The lowest BCUT2D eigenvalue weighted by Gasteiger charge is -2.32. The Morgan fingerprint density at radius 2 is 2.12 bits per heavy atom. The Hall–Kier alpha value is -2.13. The molecule has 1 aliphatic heterocycles. The number of piperazine rings is 1. The van der Waals surface area contributed by atoms with Crippen molar-refractivity contribution in [2.24, 2.45) is 0 Å². The van der Waals surface area contributed by atoms with Crippen LogP contribution in [-0.4, -0.2) is 35.6 Å². The Kier molecular flexibility index (Phi) is 3.69. The minimum atomic E-state index is -1.57.